The molecule has 1 aliphatic heterocycles. The Labute approximate surface area is 175 Å². The monoisotopic (exact) mass is 464 g/mol. The number of rotatable bonds is 4. The zero-order valence-corrected chi connectivity index (χ0v) is 17.1. The van der Waals surface area contributed by atoms with Crippen molar-refractivity contribution in [1.82, 2.24) is 9.21 Å². The summed E-state index contributed by atoms with van der Waals surface area (Å²) in [6.07, 6.45) is -4.75. The highest BCUT2D eigenvalue weighted by molar-refractivity contribution is 7.89. The smallest absolute Gasteiger partial charge is 0.340 e. The van der Waals surface area contributed by atoms with E-state index in [1.54, 1.807) is 6.07 Å². The van der Waals surface area contributed by atoms with Crippen LogP contribution in [0.15, 0.2) is 47.4 Å². The Morgan fingerprint density at radius 2 is 1.70 bits per heavy atom. The molecule has 0 radical (unpaired) electrons. The normalized spacial score (nSPS) is 16.0. The van der Waals surface area contributed by atoms with E-state index in [1.807, 2.05) is 0 Å². The molecule has 2 aromatic carbocycles. The van der Waals surface area contributed by atoms with Crippen molar-refractivity contribution in [3.05, 3.63) is 64.4 Å². The first kappa shape index (κ1) is 22.5. The Morgan fingerprint density at radius 1 is 1.03 bits per heavy atom. The molecular formula is C19H17ClF4N2O3S. The maximum Gasteiger partial charge on any atom is 0.416 e. The van der Waals surface area contributed by atoms with Crippen LogP contribution >= 0.6 is 11.6 Å². The van der Waals surface area contributed by atoms with E-state index in [2.05, 4.69) is 0 Å². The van der Waals surface area contributed by atoms with Gasteiger partial charge in [-0.15, -0.1) is 0 Å². The molecule has 1 heterocycles. The molecular weight excluding hydrogens is 448 g/mol. The first-order valence-electron chi connectivity index (χ1n) is 8.87. The largest absolute Gasteiger partial charge is 0.416 e. The Hall–Kier alpha value is -2.17. The first-order valence-corrected chi connectivity index (χ1v) is 10.7. The minimum absolute atomic E-state index is 0.0377. The summed E-state index contributed by atoms with van der Waals surface area (Å²) in [4.78, 5) is 13.2. The van der Waals surface area contributed by atoms with E-state index < -0.39 is 32.5 Å². The van der Waals surface area contributed by atoms with Crippen molar-refractivity contribution in [2.75, 3.05) is 26.2 Å². The topological polar surface area (TPSA) is 57.7 Å². The number of hydrogen-bond donors (Lipinski definition) is 0. The van der Waals surface area contributed by atoms with E-state index in [-0.39, 0.29) is 43.5 Å². The van der Waals surface area contributed by atoms with Gasteiger partial charge in [0.25, 0.3) is 0 Å². The molecule has 1 fully saturated rings. The SMILES string of the molecule is O=C(Cc1cccc(F)c1)N1CCN(S(=O)(=O)c2cc(C(F)(F)F)ccc2Cl)CC1. The molecule has 1 amide bonds. The Bertz CT molecular complexity index is 1050. The summed E-state index contributed by atoms with van der Waals surface area (Å²) in [5, 5.41) is -0.312. The van der Waals surface area contributed by atoms with E-state index in [0.29, 0.717) is 17.7 Å². The van der Waals surface area contributed by atoms with Gasteiger partial charge >= 0.3 is 6.18 Å². The lowest BCUT2D eigenvalue weighted by molar-refractivity contribution is -0.137. The quantitative estimate of drug-likeness (QED) is 0.650. The number of halogens is 5. The number of nitrogens with zero attached hydrogens (tertiary/aromatic N) is 2. The van der Waals surface area contributed by atoms with Crippen LogP contribution in [0.2, 0.25) is 5.02 Å². The zero-order chi connectivity index (χ0) is 22.1. The predicted octanol–water partition coefficient (Wildman–Crippen LogP) is 3.57. The van der Waals surface area contributed by atoms with Crippen LogP contribution in [-0.2, 0) is 27.4 Å². The van der Waals surface area contributed by atoms with Crippen molar-refractivity contribution in [3.8, 4) is 0 Å². The third kappa shape index (κ3) is 4.93. The van der Waals surface area contributed by atoms with Crippen LogP contribution in [0.4, 0.5) is 17.6 Å². The fraction of sp³-hybridized carbons (Fsp3) is 0.316. The summed E-state index contributed by atoms with van der Waals surface area (Å²) in [5.41, 5.74) is -0.625. The Kier molecular flexibility index (Phi) is 6.40. The molecule has 0 aromatic heterocycles. The fourth-order valence-corrected chi connectivity index (χ4v) is 5.05. The predicted molar refractivity (Wildman–Crippen MR) is 102 cm³/mol. The van der Waals surface area contributed by atoms with Gasteiger partial charge in [0.05, 0.1) is 17.0 Å². The number of benzene rings is 2. The molecule has 162 valence electrons. The van der Waals surface area contributed by atoms with E-state index in [4.69, 9.17) is 11.6 Å². The molecule has 0 N–H and O–H groups in total. The highest BCUT2D eigenvalue weighted by Gasteiger charge is 2.35. The van der Waals surface area contributed by atoms with Gasteiger partial charge in [0, 0.05) is 26.2 Å². The fourth-order valence-electron chi connectivity index (χ4n) is 3.13. The summed E-state index contributed by atoms with van der Waals surface area (Å²) < 4.78 is 78.8. The van der Waals surface area contributed by atoms with Crippen LogP contribution in [0.25, 0.3) is 0 Å². The number of piperazine rings is 1. The molecule has 3 rings (SSSR count). The second kappa shape index (κ2) is 8.52. The summed E-state index contributed by atoms with van der Waals surface area (Å²) >= 11 is 5.86. The first-order chi connectivity index (χ1) is 14.0. The van der Waals surface area contributed by atoms with Gasteiger partial charge in [-0.05, 0) is 35.9 Å². The van der Waals surface area contributed by atoms with Crippen molar-refractivity contribution in [1.29, 1.82) is 0 Å². The summed E-state index contributed by atoms with van der Waals surface area (Å²) in [6, 6.07) is 7.73. The molecule has 0 saturated carbocycles. The minimum Gasteiger partial charge on any atom is -0.340 e. The second-order valence-corrected chi connectivity index (χ2v) is 9.05. The average Bonchev–Trinajstić information content (AvgIpc) is 2.67. The molecule has 0 atom stereocenters. The Morgan fingerprint density at radius 3 is 2.30 bits per heavy atom. The molecule has 0 spiro atoms. The van der Waals surface area contributed by atoms with Crippen LogP contribution in [0.5, 0.6) is 0 Å². The van der Waals surface area contributed by atoms with Crippen molar-refractivity contribution < 1.29 is 30.8 Å². The molecule has 0 aliphatic carbocycles. The van der Waals surface area contributed by atoms with E-state index in [1.165, 1.54) is 23.1 Å². The van der Waals surface area contributed by atoms with Gasteiger partial charge < -0.3 is 4.90 Å². The van der Waals surface area contributed by atoms with Crippen LogP contribution < -0.4 is 0 Å². The van der Waals surface area contributed by atoms with Gasteiger partial charge in [0.2, 0.25) is 15.9 Å². The molecule has 1 saturated heterocycles. The van der Waals surface area contributed by atoms with Crippen LogP contribution in [0, 0.1) is 5.82 Å². The minimum atomic E-state index is -4.71. The molecule has 0 bridgehead atoms. The lowest BCUT2D eigenvalue weighted by Crippen LogP contribution is -2.50. The van der Waals surface area contributed by atoms with Crippen molar-refractivity contribution in [3.63, 3.8) is 0 Å². The Balaban J connectivity index is 1.70. The summed E-state index contributed by atoms with van der Waals surface area (Å²) in [7, 11) is -4.28. The number of hydrogen-bond acceptors (Lipinski definition) is 3. The second-order valence-electron chi connectivity index (χ2n) is 6.73. The van der Waals surface area contributed by atoms with Crippen molar-refractivity contribution >= 4 is 27.5 Å². The highest BCUT2D eigenvalue weighted by atomic mass is 35.5. The lowest BCUT2D eigenvalue weighted by Gasteiger charge is -2.34. The van der Waals surface area contributed by atoms with Gasteiger partial charge in [-0.3, -0.25) is 4.79 Å². The number of amides is 1. The van der Waals surface area contributed by atoms with E-state index in [0.717, 1.165) is 10.4 Å². The summed E-state index contributed by atoms with van der Waals surface area (Å²) in [5.74, 6) is -0.760. The van der Waals surface area contributed by atoms with Crippen molar-refractivity contribution in [2.24, 2.45) is 0 Å². The van der Waals surface area contributed by atoms with Gasteiger partial charge in [0.1, 0.15) is 10.7 Å². The van der Waals surface area contributed by atoms with E-state index >= 15 is 0 Å². The average molecular weight is 465 g/mol. The molecule has 1 aliphatic rings. The van der Waals surface area contributed by atoms with E-state index in [9.17, 15) is 30.8 Å². The lowest BCUT2D eigenvalue weighted by atomic mass is 10.1. The standard InChI is InChI=1S/C19H17ClF4N2O3S/c20-16-5-4-14(19(22,23)24)12-17(16)30(28,29)26-8-6-25(7-9-26)18(27)11-13-2-1-3-15(21)10-13/h1-5,10,12H,6-9,11H2. The zero-order valence-electron chi connectivity index (χ0n) is 15.5. The third-order valence-electron chi connectivity index (χ3n) is 4.71. The summed E-state index contributed by atoms with van der Waals surface area (Å²) in [6.45, 7) is -0.0679. The van der Waals surface area contributed by atoms with Gasteiger partial charge in [-0.1, -0.05) is 23.7 Å². The number of carbonyl (C=O) groups is 1. The van der Waals surface area contributed by atoms with Gasteiger partial charge in [-0.2, -0.15) is 17.5 Å². The molecule has 11 heteroatoms. The number of carbonyl (C=O) groups excluding carboxylic acids is 1. The maximum atomic E-state index is 13.3. The van der Waals surface area contributed by atoms with Gasteiger partial charge in [0.15, 0.2) is 0 Å². The highest BCUT2D eigenvalue weighted by Crippen LogP contribution is 2.34. The molecule has 30 heavy (non-hydrogen) atoms. The van der Waals surface area contributed by atoms with Crippen LogP contribution in [0.3, 0.4) is 0 Å². The molecule has 5 nitrogen and oxygen atoms in total. The van der Waals surface area contributed by atoms with Crippen molar-refractivity contribution in [2.45, 2.75) is 17.5 Å². The molecule has 0 unspecified atom stereocenters. The third-order valence-corrected chi connectivity index (χ3v) is 7.09. The number of sulfonamides is 1. The van der Waals surface area contributed by atoms with Crippen LogP contribution in [-0.4, -0.2) is 49.7 Å². The maximum absolute atomic E-state index is 13.3. The van der Waals surface area contributed by atoms with Gasteiger partial charge in [-0.25, -0.2) is 12.8 Å². The number of alkyl halides is 3. The molecule has 2 aromatic rings. The van der Waals surface area contributed by atoms with Crippen LogP contribution in [0.1, 0.15) is 11.1 Å².